The number of furan rings is 1. The maximum absolute atomic E-state index is 12.3. The van der Waals surface area contributed by atoms with Crippen molar-refractivity contribution >= 4 is 5.91 Å². The Labute approximate surface area is 101 Å². The van der Waals surface area contributed by atoms with E-state index < -0.39 is 0 Å². The van der Waals surface area contributed by atoms with Crippen LogP contribution < -0.4 is 5.32 Å². The second-order valence-electron chi connectivity index (χ2n) is 5.26. The maximum atomic E-state index is 12.3. The summed E-state index contributed by atoms with van der Waals surface area (Å²) in [5, 5.41) is 3.38. The van der Waals surface area contributed by atoms with Gasteiger partial charge in [-0.2, -0.15) is 0 Å². The van der Waals surface area contributed by atoms with E-state index in [1.54, 1.807) is 0 Å². The number of nitrogens with zero attached hydrogens (tertiary/aromatic N) is 1. The summed E-state index contributed by atoms with van der Waals surface area (Å²) in [6.45, 7) is 7.65. The SMILES string of the molecule is Cc1cc(C)c(C(=O)N2C[C@H]3CNC[C@H]3C2)o1. The molecule has 3 rings (SSSR count). The minimum absolute atomic E-state index is 0.0602. The van der Waals surface area contributed by atoms with Crippen LogP contribution in [0.1, 0.15) is 21.9 Å². The molecule has 0 aromatic carbocycles. The number of carbonyl (C=O) groups excluding carboxylic acids is 1. The highest BCUT2D eigenvalue weighted by Crippen LogP contribution is 2.28. The minimum Gasteiger partial charge on any atom is -0.456 e. The van der Waals surface area contributed by atoms with Crippen LogP contribution in [0, 0.1) is 25.7 Å². The first-order valence-electron chi connectivity index (χ1n) is 6.22. The first-order valence-corrected chi connectivity index (χ1v) is 6.22. The Morgan fingerprint density at radius 1 is 1.35 bits per heavy atom. The zero-order valence-corrected chi connectivity index (χ0v) is 10.3. The summed E-state index contributed by atoms with van der Waals surface area (Å²) in [4.78, 5) is 14.3. The second-order valence-corrected chi connectivity index (χ2v) is 5.26. The van der Waals surface area contributed by atoms with Gasteiger partial charge in [-0.1, -0.05) is 0 Å². The van der Waals surface area contributed by atoms with Gasteiger partial charge in [-0.15, -0.1) is 0 Å². The Bertz CT molecular complexity index is 440. The molecule has 1 N–H and O–H groups in total. The van der Waals surface area contributed by atoms with Crippen molar-refractivity contribution in [2.24, 2.45) is 11.8 Å². The second kappa shape index (κ2) is 3.88. The molecule has 1 aromatic rings. The lowest BCUT2D eigenvalue weighted by Crippen LogP contribution is -2.31. The van der Waals surface area contributed by atoms with Gasteiger partial charge in [-0.05, 0) is 31.7 Å². The van der Waals surface area contributed by atoms with Gasteiger partial charge in [-0.3, -0.25) is 4.79 Å². The largest absolute Gasteiger partial charge is 0.456 e. The third kappa shape index (κ3) is 1.76. The van der Waals surface area contributed by atoms with Crippen LogP contribution in [0.4, 0.5) is 0 Å². The lowest BCUT2D eigenvalue weighted by molar-refractivity contribution is 0.0747. The fraction of sp³-hybridized carbons (Fsp3) is 0.615. The molecule has 4 heteroatoms. The van der Waals surface area contributed by atoms with Crippen molar-refractivity contribution < 1.29 is 9.21 Å². The molecular weight excluding hydrogens is 216 g/mol. The number of aryl methyl sites for hydroxylation is 2. The summed E-state index contributed by atoms with van der Waals surface area (Å²) in [5.74, 6) is 2.66. The van der Waals surface area contributed by atoms with Crippen molar-refractivity contribution in [3.8, 4) is 0 Å². The van der Waals surface area contributed by atoms with Gasteiger partial charge < -0.3 is 14.6 Å². The Morgan fingerprint density at radius 3 is 2.53 bits per heavy atom. The number of hydrogen-bond acceptors (Lipinski definition) is 3. The van der Waals surface area contributed by atoms with Gasteiger partial charge in [-0.25, -0.2) is 0 Å². The van der Waals surface area contributed by atoms with Gasteiger partial charge in [0.1, 0.15) is 5.76 Å². The van der Waals surface area contributed by atoms with Crippen molar-refractivity contribution in [2.75, 3.05) is 26.2 Å². The minimum atomic E-state index is 0.0602. The Balaban J connectivity index is 1.77. The highest BCUT2D eigenvalue weighted by atomic mass is 16.4. The molecule has 4 nitrogen and oxygen atoms in total. The van der Waals surface area contributed by atoms with Gasteiger partial charge in [0, 0.05) is 31.7 Å². The zero-order chi connectivity index (χ0) is 12.0. The summed E-state index contributed by atoms with van der Waals surface area (Å²) >= 11 is 0. The van der Waals surface area contributed by atoms with E-state index in [0.29, 0.717) is 17.6 Å². The molecule has 0 spiro atoms. The third-order valence-corrected chi connectivity index (χ3v) is 3.91. The van der Waals surface area contributed by atoms with Crippen LogP contribution in [-0.4, -0.2) is 37.0 Å². The van der Waals surface area contributed by atoms with Gasteiger partial charge in [0.2, 0.25) is 0 Å². The Morgan fingerprint density at radius 2 is 2.00 bits per heavy atom. The molecule has 2 aliphatic rings. The van der Waals surface area contributed by atoms with Gasteiger partial charge in [0.05, 0.1) is 0 Å². The van der Waals surface area contributed by atoms with E-state index >= 15 is 0 Å². The topological polar surface area (TPSA) is 45.5 Å². The van der Waals surface area contributed by atoms with Crippen LogP contribution >= 0.6 is 0 Å². The zero-order valence-electron chi connectivity index (χ0n) is 10.3. The van der Waals surface area contributed by atoms with Crippen LogP contribution in [0.2, 0.25) is 0 Å². The molecule has 0 unspecified atom stereocenters. The molecule has 2 atom stereocenters. The van der Waals surface area contributed by atoms with Crippen LogP contribution in [-0.2, 0) is 0 Å². The molecule has 0 radical (unpaired) electrons. The fourth-order valence-corrected chi connectivity index (χ4v) is 3.02. The van der Waals surface area contributed by atoms with Gasteiger partial charge in [0.25, 0.3) is 5.91 Å². The lowest BCUT2D eigenvalue weighted by atomic mass is 10.0. The van der Waals surface area contributed by atoms with E-state index in [9.17, 15) is 4.79 Å². The van der Waals surface area contributed by atoms with E-state index in [0.717, 1.165) is 37.5 Å². The average Bonchev–Trinajstić information content (AvgIpc) is 2.90. The predicted octanol–water partition coefficient (Wildman–Crippen LogP) is 1.19. The van der Waals surface area contributed by atoms with Crippen molar-refractivity contribution in [3.63, 3.8) is 0 Å². The standard InChI is InChI=1S/C13H18N2O2/c1-8-3-9(2)17-12(8)13(16)15-6-10-4-14-5-11(10)7-15/h3,10-11,14H,4-7H2,1-2H3/t10-,11+. The Kier molecular flexibility index (Phi) is 2.47. The molecule has 1 amide bonds. The number of nitrogens with one attached hydrogen (secondary N) is 1. The predicted molar refractivity (Wildman–Crippen MR) is 63.9 cm³/mol. The molecular formula is C13H18N2O2. The average molecular weight is 234 g/mol. The van der Waals surface area contributed by atoms with Crippen molar-refractivity contribution in [3.05, 3.63) is 23.2 Å². The number of rotatable bonds is 1. The van der Waals surface area contributed by atoms with E-state index in [4.69, 9.17) is 4.42 Å². The first kappa shape index (κ1) is 10.8. The Hall–Kier alpha value is -1.29. The first-order chi connectivity index (χ1) is 8.15. The number of carbonyl (C=O) groups is 1. The molecule has 0 aliphatic carbocycles. The van der Waals surface area contributed by atoms with Crippen molar-refractivity contribution in [1.29, 1.82) is 0 Å². The van der Waals surface area contributed by atoms with Gasteiger partial charge in [0.15, 0.2) is 5.76 Å². The number of fused-ring (bicyclic) bond motifs is 1. The van der Waals surface area contributed by atoms with Crippen LogP contribution in [0.25, 0.3) is 0 Å². The monoisotopic (exact) mass is 234 g/mol. The van der Waals surface area contributed by atoms with Gasteiger partial charge >= 0.3 is 0 Å². The summed E-state index contributed by atoms with van der Waals surface area (Å²) in [7, 11) is 0. The molecule has 3 heterocycles. The molecule has 0 bridgehead atoms. The van der Waals surface area contributed by atoms with E-state index in [1.807, 2.05) is 24.8 Å². The van der Waals surface area contributed by atoms with Crippen LogP contribution in [0.5, 0.6) is 0 Å². The molecule has 0 saturated carbocycles. The molecule has 92 valence electrons. The summed E-state index contributed by atoms with van der Waals surface area (Å²) in [5.41, 5.74) is 0.947. The smallest absolute Gasteiger partial charge is 0.289 e. The molecule has 17 heavy (non-hydrogen) atoms. The normalized spacial score (nSPS) is 27.5. The van der Waals surface area contributed by atoms with E-state index in [2.05, 4.69) is 5.32 Å². The van der Waals surface area contributed by atoms with Crippen molar-refractivity contribution in [1.82, 2.24) is 10.2 Å². The summed E-state index contributed by atoms with van der Waals surface area (Å²) in [6, 6.07) is 1.92. The number of hydrogen-bond donors (Lipinski definition) is 1. The fourth-order valence-electron chi connectivity index (χ4n) is 3.02. The highest BCUT2D eigenvalue weighted by Gasteiger charge is 2.39. The van der Waals surface area contributed by atoms with Crippen LogP contribution in [0.15, 0.2) is 10.5 Å². The van der Waals surface area contributed by atoms with Crippen molar-refractivity contribution in [2.45, 2.75) is 13.8 Å². The maximum Gasteiger partial charge on any atom is 0.289 e. The highest BCUT2D eigenvalue weighted by molar-refractivity contribution is 5.93. The lowest BCUT2D eigenvalue weighted by Gasteiger charge is -2.16. The quantitative estimate of drug-likeness (QED) is 0.794. The summed E-state index contributed by atoms with van der Waals surface area (Å²) in [6.07, 6.45) is 0. The number of likely N-dealkylation sites (tertiary alicyclic amines) is 1. The van der Waals surface area contributed by atoms with Crippen LogP contribution in [0.3, 0.4) is 0 Å². The molecule has 2 saturated heterocycles. The summed E-state index contributed by atoms with van der Waals surface area (Å²) < 4.78 is 5.50. The number of amides is 1. The van der Waals surface area contributed by atoms with E-state index in [-0.39, 0.29) is 5.91 Å². The molecule has 1 aromatic heterocycles. The third-order valence-electron chi connectivity index (χ3n) is 3.91. The molecule has 2 aliphatic heterocycles. The molecule has 2 fully saturated rings. The van der Waals surface area contributed by atoms with E-state index in [1.165, 1.54) is 0 Å².